The molecule has 0 aliphatic heterocycles. The first-order chi connectivity index (χ1) is 16.4. The number of ether oxygens (including phenoxy) is 2. The predicted octanol–water partition coefficient (Wildman–Crippen LogP) is 6.47. The van der Waals surface area contributed by atoms with Crippen molar-refractivity contribution in [1.82, 2.24) is 0 Å². The first-order valence-corrected chi connectivity index (χ1v) is 11.1. The monoisotopic (exact) mass is 458 g/mol. The molecule has 0 saturated carbocycles. The molecule has 1 N–H and O–H groups in total. The minimum absolute atomic E-state index is 0.0640. The van der Waals surface area contributed by atoms with Crippen molar-refractivity contribution < 1.29 is 23.8 Å². The zero-order chi connectivity index (χ0) is 24.2. The summed E-state index contributed by atoms with van der Waals surface area (Å²) in [5, 5.41) is 10.2. The number of carbonyl (C=O) groups excluding carboxylic acids is 1. The summed E-state index contributed by atoms with van der Waals surface area (Å²) in [6.45, 7) is 2.00. The lowest BCUT2D eigenvalue weighted by Crippen LogP contribution is -2.03. The van der Waals surface area contributed by atoms with E-state index in [1.165, 1.54) is 26.4 Å². The normalized spacial score (nSPS) is 13.8. The Hall–Kier alpha value is -3.86. The Morgan fingerprint density at radius 3 is 2.29 bits per heavy atom. The Kier molecular flexibility index (Phi) is 6.82. The average molecular weight is 459 g/mol. The summed E-state index contributed by atoms with van der Waals surface area (Å²) in [6.07, 6.45) is 3.27. The van der Waals surface area contributed by atoms with Gasteiger partial charge in [-0.2, -0.15) is 0 Å². The molecule has 0 amide bonds. The number of methoxy groups -OCH3 is 2. The van der Waals surface area contributed by atoms with E-state index in [-0.39, 0.29) is 17.3 Å². The van der Waals surface area contributed by atoms with Crippen molar-refractivity contribution in [2.45, 2.75) is 26.2 Å². The van der Waals surface area contributed by atoms with E-state index >= 15 is 0 Å². The number of phenols is 1. The number of carbonyl (C=O) groups is 1. The summed E-state index contributed by atoms with van der Waals surface area (Å²) in [4.78, 5) is 12.6. The van der Waals surface area contributed by atoms with Crippen LogP contribution >= 0.6 is 0 Å². The first kappa shape index (κ1) is 23.3. The highest BCUT2D eigenvalue weighted by atomic mass is 19.1. The van der Waals surface area contributed by atoms with E-state index in [1.807, 2.05) is 43.3 Å². The second-order valence-corrected chi connectivity index (χ2v) is 8.33. The number of hydrogen-bond acceptors (Lipinski definition) is 4. The van der Waals surface area contributed by atoms with E-state index in [0.29, 0.717) is 30.8 Å². The number of Topliss-reactive ketones (excluding diaryl/α,β-unsaturated/α-hetero) is 1. The highest BCUT2D eigenvalue weighted by Crippen LogP contribution is 2.45. The van der Waals surface area contributed by atoms with Gasteiger partial charge in [0.05, 0.1) is 14.2 Å². The molecular weight excluding hydrogens is 431 g/mol. The molecule has 0 aromatic heterocycles. The van der Waals surface area contributed by atoms with Crippen LogP contribution in [-0.2, 0) is 11.2 Å². The summed E-state index contributed by atoms with van der Waals surface area (Å²) >= 11 is 0. The first-order valence-electron chi connectivity index (χ1n) is 11.1. The highest BCUT2D eigenvalue weighted by Gasteiger charge is 2.25. The van der Waals surface area contributed by atoms with E-state index < -0.39 is 0 Å². The molecule has 0 spiro atoms. The van der Waals surface area contributed by atoms with Crippen molar-refractivity contribution in [2.24, 2.45) is 0 Å². The Morgan fingerprint density at radius 1 is 0.971 bits per heavy atom. The molecule has 0 fully saturated rings. The Morgan fingerprint density at radius 2 is 1.65 bits per heavy atom. The third-order valence-electron chi connectivity index (χ3n) is 6.16. The van der Waals surface area contributed by atoms with Crippen LogP contribution in [0.5, 0.6) is 17.2 Å². The summed E-state index contributed by atoms with van der Waals surface area (Å²) in [5.74, 6) is 0.378. The molecule has 0 unspecified atom stereocenters. The van der Waals surface area contributed by atoms with Crippen LogP contribution in [0.25, 0.3) is 17.2 Å². The van der Waals surface area contributed by atoms with Crippen molar-refractivity contribution in [3.8, 4) is 17.2 Å². The van der Waals surface area contributed by atoms with E-state index in [4.69, 9.17) is 9.47 Å². The van der Waals surface area contributed by atoms with Gasteiger partial charge in [0.2, 0.25) is 5.75 Å². The standard InChI is InChI=1S/C29H27FO4/c1-18-23(12-10-22(31)13-19-7-5-4-6-8-19)26-17-21(30)9-11-24(26)25(18)14-20-15-27(33-2)29(32)28(16-20)34-3/h4-9,11,14-17,32H,10,12-13H2,1-3H3. The molecule has 5 heteroatoms. The molecule has 1 aliphatic carbocycles. The van der Waals surface area contributed by atoms with Gasteiger partial charge in [-0.05, 0) is 82.7 Å². The number of fused-ring (bicyclic) bond motifs is 1. The van der Waals surface area contributed by atoms with Crippen LogP contribution in [0.4, 0.5) is 4.39 Å². The largest absolute Gasteiger partial charge is 0.502 e. The van der Waals surface area contributed by atoms with Gasteiger partial charge in [-0.25, -0.2) is 4.39 Å². The van der Waals surface area contributed by atoms with Crippen molar-refractivity contribution in [1.29, 1.82) is 0 Å². The summed E-state index contributed by atoms with van der Waals surface area (Å²) in [5.41, 5.74) is 6.41. The lowest BCUT2D eigenvalue weighted by atomic mass is 9.97. The van der Waals surface area contributed by atoms with Gasteiger partial charge in [0.25, 0.3) is 0 Å². The summed E-state index contributed by atoms with van der Waals surface area (Å²) in [7, 11) is 2.96. The van der Waals surface area contributed by atoms with Gasteiger partial charge in [-0.3, -0.25) is 4.79 Å². The fourth-order valence-electron chi connectivity index (χ4n) is 4.42. The SMILES string of the molecule is COc1cc(C=C2C(C)=C(CCC(=O)Cc3ccccc3)c3cc(F)ccc32)cc(OC)c1O. The number of aromatic hydroxyl groups is 1. The van der Waals surface area contributed by atoms with E-state index in [9.17, 15) is 14.3 Å². The van der Waals surface area contributed by atoms with Crippen LogP contribution in [0.2, 0.25) is 0 Å². The molecule has 174 valence electrons. The van der Waals surface area contributed by atoms with Gasteiger partial charge in [-0.15, -0.1) is 0 Å². The lowest BCUT2D eigenvalue weighted by Gasteiger charge is -2.11. The molecule has 0 radical (unpaired) electrons. The minimum atomic E-state index is -0.311. The molecule has 34 heavy (non-hydrogen) atoms. The van der Waals surface area contributed by atoms with E-state index in [2.05, 4.69) is 0 Å². The topological polar surface area (TPSA) is 55.8 Å². The quantitative estimate of drug-likeness (QED) is 0.420. The highest BCUT2D eigenvalue weighted by molar-refractivity contribution is 6.05. The summed E-state index contributed by atoms with van der Waals surface area (Å²) in [6, 6.07) is 17.9. The van der Waals surface area contributed by atoms with Gasteiger partial charge >= 0.3 is 0 Å². The van der Waals surface area contributed by atoms with Crippen LogP contribution in [0.15, 0.2) is 66.2 Å². The zero-order valence-electron chi connectivity index (χ0n) is 19.5. The number of hydrogen-bond donors (Lipinski definition) is 1. The van der Waals surface area contributed by atoms with Gasteiger partial charge in [0.1, 0.15) is 11.6 Å². The van der Waals surface area contributed by atoms with Crippen LogP contribution in [0.1, 0.15) is 42.0 Å². The number of halogens is 1. The molecule has 0 heterocycles. The molecular formula is C29H27FO4. The number of benzene rings is 3. The molecule has 3 aromatic carbocycles. The van der Waals surface area contributed by atoms with Gasteiger partial charge < -0.3 is 14.6 Å². The van der Waals surface area contributed by atoms with Crippen LogP contribution in [-0.4, -0.2) is 25.1 Å². The number of allylic oxidation sites excluding steroid dienone is 3. The number of ketones is 1. The third-order valence-corrected chi connectivity index (χ3v) is 6.16. The molecule has 0 bridgehead atoms. The lowest BCUT2D eigenvalue weighted by molar-refractivity contribution is -0.118. The molecule has 4 nitrogen and oxygen atoms in total. The zero-order valence-corrected chi connectivity index (χ0v) is 19.5. The Bertz CT molecular complexity index is 1260. The minimum Gasteiger partial charge on any atom is -0.502 e. The molecule has 0 saturated heterocycles. The van der Waals surface area contributed by atoms with Crippen molar-refractivity contribution in [3.05, 3.63) is 94.3 Å². The number of phenolic OH excluding ortho intramolecular Hbond substituents is 1. The molecule has 1 aliphatic rings. The predicted molar refractivity (Wildman–Crippen MR) is 132 cm³/mol. The smallest absolute Gasteiger partial charge is 0.200 e. The number of rotatable bonds is 8. The Labute approximate surface area is 199 Å². The van der Waals surface area contributed by atoms with Crippen molar-refractivity contribution >= 4 is 23.0 Å². The van der Waals surface area contributed by atoms with Crippen LogP contribution in [0.3, 0.4) is 0 Å². The maximum Gasteiger partial charge on any atom is 0.200 e. The van der Waals surface area contributed by atoms with Gasteiger partial charge in [0, 0.05) is 12.8 Å². The molecule has 3 aromatic rings. The van der Waals surface area contributed by atoms with Crippen molar-refractivity contribution in [3.63, 3.8) is 0 Å². The van der Waals surface area contributed by atoms with Gasteiger partial charge in [0.15, 0.2) is 11.5 Å². The molecule has 4 rings (SSSR count). The average Bonchev–Trinajstić information content (AvgIpc) is 3.09. The second-order valence-electron chi connectivity index (χ2n) is 8.33. The van der Waals surface area contributed by atoms with Crippen molar-refractivity contribution in [2.75, 3.05) is 14.2 Å². The Balaban J connectivity index is 1.67. The fourth-order valence-corrected chi connectivity index (χ4v) is 4.42. The van der Waals surface area contributed by atoms with Crippen LogP contribution in [0, 0.1) is 5.82 Å². The van der Waals surface area contributed by atoms with E-state index in [0.717, 1.165) is 39.0 Å². The maximum absolute atomic E-state index is 14.2. The maximum atomic E-state index is 14.2. The summed E-state index contributed by atoms with van der Waals surface area (Å²) < 4.78 is 24.7. The third kappa shape index (κ3) is 4.74. The molecule has 0 atom stereocenters. The van der Waals surface area contributed by atoms with E-state index in [1.54, 1.807) is 18.2 Å². The van der Waals surface area contributed by atoms with Gasteiger partial charge in [-0.1, -0.05) is 36.4 Å². The van der Waals surface area contributed by atoms with Crippen LogP contribution < -0.4 is 9.47 Å². The fraction of sp³-hybridized carbons (Fsp3) is 0.207. The second kappa shape index (κ2) is 9.96.